The molecule has 0 spiro atoms. The zero-order valence-electron chi connectivity index (χ0n) is 16.2. The van der Waals surface area contributed by atoms with Crippen LogP contribution in [0.2, 0.25) is 0 Å². The smallest absolute Gasteiger partial charge is 0.234 e. The Kier molecular flexibility index (Phi) is 6.05. The van der Waals surface area contributed by atoms with E-state index in [2.05, 4.69) is 20.5 Å². The first-order valence-corrected chi connectivity index (χ1v) is 10.2. The van der Waals surface area contributed by atoms with Gasteiger partial charge >= 0.3 is 0 Å². The molecule has 0 saturated carbocycles. The normalized spacial score (nSPS) is 10.6. The average molecular weight is 417 g/mol. The molecule has 0 aliphatic heterocycles. The van der Waals surface area contributed by atoms with Gasteiger partial charge in [-0.1, -0.05) is 36.0 Å². The number of carbonyl (C=O) groups excluding carboxylic acids is 1. The minimum absolute atomic E-state index is 0.114. The maximum Gasteiger partial charge on any atom is 0.234 e. The average Bonchev–Trinajstić information content (AvgIpc) is 3.23. The van der Waals surface area contributed by atoms with E-state index in [1.165, 1.54) is 11.8 Å². The van der Waals surface area contributed by atoms with Crippen LogP contribution in [0.15, 0.2) is 84.3 Å². The standard InChI is InChI=1S/C22H19N5O2S/c1-29-19-9-5-8-18(14-19)27-21(16-10-12-23-13-11-16)25-26-22(27)30-15-20(28)24-17-6-3-2-4-7-17/h2-14H,15H2,1H3,(H,24,28). The molecule has 0 unspecified atom stereocenters. The van der Waals surface area contributed by atoms with Crippen molar-refractivity contribution < 1.29 is 9.53 Å². The molecule has 2 heterocycles. The van der Waals surface area contributed by atoms with Gasteiger partial charge in [0.25, 0.3) is 0 Å². The van der Waals surface area contributed by atoms with E-state index in [0.29, 0.717) is 11.0 Å². The van der Waals surface area contributed by atoms with E-state index >= 15 is 0 Å². The van der Waals surface area contributed by atoms with Crippen molar-refractivity contribution in [1.82, 2.24) is 19.7 Å². The number of nitrogens with zero attached hydrogens (tertiary/aromatic N) is 4. The Hall–Kier alpha value is -3.65. The summed E-state index contributed by atoms with van der Waals surface area (Å²) in [5.41, 5.74) is 2.48. The Bertz CT molecular complexity index is 1130. The number of thioether (sulfide) groups is 1. The highest BCUT2D eigenvalue weighted by Gasteiger charge is 2.17. The number of hydrogen-bond acceptors (Lipinski definition) is 6. The molecular weight excluding hydrogens is 398 g/mol. The van der Waals surface area contributed by atoms with E-state index in [1.54, 1.807) is 19.5 Å². The lowest BCUT2D eigenvalue weighted by Gasteiger charge is -2.11. The van der Waals surface area contributed by atoms with Crippen molar-refractivity contribution in [1.29, 1.82) is 0 Å². The van der Waals surface area contributed by atoms with Crippen molar-refractivity contribution in [2.24, 2.45) is 0 Å². The van der Waals surface area contributed by atoms with E-state index in [1.807, 2.05) is 71.3 Å². The molecule has 0 atom stereocenters. The number of benzene rings is 2. The van der Waals surface area contributed by atoms with Gasteiger partial charge in [-0.3, -0.25) is 14.3 Å². The van der Waals surface area contributed by atoms with Crippen LogP contribution in [0.4, 0.5) is 5.69 Å². The fraction of sp³-hybridized carbons (Fsp3) is 0.0909. The summed E-state index contributed by atoms with van der Waals surface area (Å²) in [6.45, 7) is 0. The molecule has 4 rings (SSSR count). The van der Waals surface area contributed by atoms with Crippen molar-refractivity contribution in [2.45, 2.75) is 5.16 Å². The van der Waals surface area contributed by atoms with Crippen LogP contribution in [-0.4, -0.2) is 38.5 Å². The van der Waals surface area contributed by atoms with Crippen LogP contribution in [-0.2, 0) is 4.79 Å². The summed E-state index contributed by atoms with van der Waals surface area (Å²) in [7, 11) is 1.62. The molecular formula is C22H19N5O2S. The van der Waals surface area contributed by atoms with Crippen molar-refractivity contribution in [3.05, 3.63) is 79.1 Å². The summed E-state index contributed by atoms with van der Waals surface area (Å²) in [5, 5.41) is 12.2. The Morgan fingerprint density at radius 1 is 1.03 bits per heavy atom. The Morgan fingerprint density at radius 3 is 2.60 bits per heavy atom. The predicted molar refractivity (Wildman–Crippen MR) is 117 cm³/mol. The number of hydrogen-bond donors (Lipinski definition) is 1. The van der Waals surface area contributed by atoms with Crippen LogP contribution < -0.4 is 10.1 Å². The van der Waals surface area contributed by atoms with E-state index in [-0.39, 0.29) is 11.7 Å². The van der Waals surface area contributed by atoms with Crippen LogP contribution in [0.25, 0.3) is 17.1 Å². The van der Waals surface area contributed by atoms with Crippen LogP contribution in [0, 0.1) is 0 Å². The lowest BCUT2D eigenvalue weighted by molar-refractivity contribution is -0.113. The number of amides is 1. The predicted octanol–water partition coefficient (Wildman–Crippen LogP) is 4.07. The molecule has 8 heteroatoms. The largest absolute Gasteiger partial charge is 0.497 e. The summed E-state index contributed by atoms with van der Waals surface area (Å²) >= 11 is 1.32. The first kappa shape index (κ1) is 19.7. The van der Waals surface area contributed by atoms with Gasteiger partial charge in [-0.15, -0.1) is 10.2 Å². The summed E-state index contributed by atoms with van der Waals surface area (Å²) in [6.07, 6.45) is 3.42. The van der Waals surface area contributed by atoms with E-state index in [4.69, 9.17) is 4.74 Å². The second kappa shape index (κ2) is 9.23. The monoisotopic (exact) mass is 417 g/mol. The zero-order chi connectivity index (χ0) is 20.8. The van der Waals surface area contributed by atoms with Crippen molar-refractivity contribution in [3.8, 4) is 22.8 Å². The number of para-hydroxylation sites is 1. The lowest BCUT2D eigenvalue weighted by Crippen LogP contribution is -2.14. The molecule has 0 radical (unpaired) electrons. The van der Waals surface area contributed by atoms with Crippen LogP contribution in [0.3, 0.4) is 0 Å². The van der Waals surface area contributed by atoms with Crippen molar-refractivity contribution >= 4 is 23.4 Å². The third kappa shape index (κ3) is 4.49. The number of anilines is 1. The third-order valence-corrected chi connectivity index (χ3v) is 5.20. The number of pyridine rings is 1. The molecule has 7 nitrogen and oxygen atoms in total. The van der Waals surface area contributed by atoms with Crippen LogP contribution in [0.5, 0.6) is 5.75 Å². The number of nitrogens with one attached hydrogen (secondary N) is 1. The van der Waals surface area contributed by atoms with Gasteiger partial charge in [0.05, 0.1) is 18.6 Å². The second-order valence-electron chi connectivity index (χ2n) is 6.28. The van der Waals surface area contributed by atoms with Crippen molar-refractivity contribution in [3.63, 3.8) is 0 Å². The maximum atomic E-state index is 12.4. The first-order valence-electron chi connectivity index (χ1n) is 9.22. The number of aromatic nitrogens is 4. The topological polar surface area (TPSA) is 81.9 Å². The minimum atomic E-state index is -0.114. The Morgan fingerprint density at radius 2 is 1.83 bits per heavy atom. The number of carbonyl (C=O) groups is 1. The SMILES string of the molecule is COc1cccc(-n2c(SCC(=O)Nc3ccccc3)nnc2-c2ccncc2)c1. The maximum absolute atomic E-state index is 12.4. The molecule has 0 fully saturated rings. The summed E-state index contributed by atoms with van der Waals surface area (Å²) in [5.74, 6) is 1.47. The van der Waals surface area contributed by atoms with Gasteiger partial charge in [0, 0.05) is 29.7 Å². The van der Waals surface area contributed by atoms with E-state index in [0.717, 1.165) is 22.7 Å². The molecule has 150 valence electrons. The van der Waals surface area contributed by atoms with Gasteiger partial charge in [-0.2, -0.15) is 0 Å². The van der Waals surface area contributed by atoms with Gasteiger partial charge in [0.15, 0.2) is 11.0 Å². The van der Waals surface area contributed by atoms with Gasteiger partial charge in [-0.05, 0) is 36.4 Å². The Labute approximate surface area is 178 Å². The van der Waals surface area contributed by atoms with Crippen LogP contribution >= 0.6 is 11.8 Å². The molecule has 30 heavy (non-hydrogen) atoms. The number of ether oxygens (including phenoxy) is 1. The molecule has 4 aromatic rings. The molecule has 0 saturated heterocycles. The first-order chi connectivity index (χ1) is 14.7. The molecule has 2 aromatic heterocycles. The highest BCUT2D eigenvalue weighted by atomic mass is 32.2. The van der Waals surface area contributed by atoms with Crippen molar-refractivity contribution in [2.75, 3.05) is 18.2 Å². The Balaban J connectivity index is 1.62. The van der Waals surface area contributed by atoms with Gasteiger partial charge in [-0.25, -0.2) is 0 Å². The van der Waals surface area contributed by atoms with Gasteiger partial charge < -0.3 is 10.1 Å². The van der Waals surface area contributed by atoms with E-state index < -0.39 is 0 Å². The molecule has 1 N–H and O–H groups in total. The highest BCUT2D eigenvalue weighted by Crippen LogP contribution is 2.29. The molecule has 0 bridgehead atoms. The van der Waals surface area contributed by atoms with Crippen LogP contribution in [0.1, 0.15) is 0 Å². The van der Waals surface area contributed by atoms with Gasteiger partial charge in [0.1, 0.15) is 5.75 Å². The summed E-state index contributed by atoms with van der Waals surface area (Å²) in [4.78, 5) is 16.5. The fourth-order valence-corrected chi connectivity index (χ4v) is 3.63. The molecule has 1 amide bonds. The fourth-order valence-electron chi connectivity index (χ4n) is 2.88. The van der Waals surface area contributed by atoms with Gasteiger partial charge in [0.2, 0.25) is 5.91 Å². The zero-order valence-corrected chi connectivity index (χ0v) is 17.0. The summed E-state index contributed by atoms with van der Waals surface area (Å²) in [6, 6.07) is 20.7. The second-order valence-corrected chi connectivity index (χ2v) is 7.22. The van der Waals surface area contributed by atoms with E-state index in [9.17, 15) is 4.79 Å². The third-order valence-electron chi connectivity index (χ3n) is 4.27. The lowest BCUT2D eigenvalue weighted by atomic mass is 10.2. The number of methoxy groups -OCH3 is 1. The quantitative estimate of drug-likeness (QED) is 0.457. The molecule has 0 aliphatic rings. The molecule has 0 aliphatic carbocycles. The highest BCUT2D eigenvalue weighted by molar-refractivity contribution is 7.99. The molecule has 2 aromatic carbocycles. The minimum Gasteiger partial charge on any atom is -0.497 e. The summed E-state index contributed by atoms with van der Waals surface area (Å²) < 4.78 is 7.28. The number of rotatable bonds is 7.